The molecule has 6 N–H and O–H groups in total. The average molecular weight is 431 g/mol. The van der Waals surface area contributed by atoms with Crippen molar-refractivity contribution in [3.63, 3.8) is 0 Å². The van der Waals surface area contributed by atoms with Gasteiger partial charge in [0.25, 0.3) is 5.91 Å². The Morgan fingerprint density at radius 1 is 1.12 bits per heavy atom. The minimum absolute atomic E-state index is 0.259. The minimum atomic E-state index is -0.806. The summed E-state index contributed by atoms with van der Waals surface area (Å²) in [6, 6.07) is 19.6. The summed E-state index contributed by atoms with van der Waals surface area (Å²) in [5, 5.41) is 26.3. The van der Waals surface area contributed by atoms with E-state index in [0.717, 1.165) is 22.5 Å². The topological polar surface area (TPSA) is 120 Å². The maximum Gasteiger partial charge on any atom is 0.255 e. The molecule has 0 radical (unpaired) electrons. The van der Waals surface area contributed by atoms with Crippen molar-refractivity contribution in [1.82, 2.24) is 0 Å². The summed E-state index contributed by atoms with van der Waals surface area (Å²) in [5.74, 6) is -0.599. The number of anilines is 3. The van der Waals surface area contributed by atoms with E-state index in [2.05, 4.69) is 15.6 Å². The van der Waals surface area contributed by atoms with Gasteiger partial charge in [0.15, 0.2) is 0 Å². The lowest BCUT2D eigenvalue weighted by Gasteiger charge is -2.16. The highest BCUT2D eigenvalue weighted by Crippen LogP contribution is 2.38. The van der Waals surface area contributed by atoms with Crippen molar-refractivity contribution in [2.45, 2.75) is 32.1 Å². The van der Waals surface area contributed by atoms with Crippen LogP contribution in [0.25, 0.3) is 0 Å². The lowest BCUT2D eigenvalue weighted by molar-refractivity contribution is 0.102. The molecule has 0 saturated carbocycles. The molecule has 32 heavy (non-hydrogen) atoms. The van der Waals surface area contributed by atoms with Crippen LogP contribution in [0.3, 0.4) is 0 Å². The molecule has 1 aliphatic rings. The molecule has 1 aliphatic heterocycles. The molecule has 7 nitrogen and oxygen atoms in total. The third-order valence-corrected chi connectivity index (χ3v) is 5.61. The Kier molecular flexibility index (Phi) is 5.94. The Morgan fingerprint density at radius 3 is 2.53 bits per heavy atom. The van der Waals surface area contributed by atoms with Crippen molar-refractivity contribution in [3.8, 4) is 0 Å². The van der Waals surface area contributed by atoms with E-state index in [1.807, 2.05) is 25.1 Å². The average Bonchev–Trinajstić information content (AvgIpc) is 3.10. The Balaban J connectivity index is 1.53. The summed E-state index contributed by atoms with van der Waals surface area (Å²) >= 11 is 0. The SMILES string of the molecule is CC(=Nc1ccc(C(=O)Nc2ccccc2N)cc1)C1c2cc(C(C)O)ccc2NC1O. The first-order valence-electron chi connectivity index (χ1n) is 10.4. The first-order valence-corrected chi connectivity index (χ1v) is 10.4. The summed E-state index contributed by atoms with van der Waals surface area (Å²) in [6.45, 7) is 3.57. The molecular weight excluding hydrogens is 404 g/mol. The fourth-order valence-corrected chi connectivity index (χ4v) is 3.86. The van der Waals surface area contributed by atoms with Gasteiger partial charge >= 0.3 is 0 Å². The number of nitrogens with one attached hydrogen (secondary N) is 2. The molecule has 3 atom stereocenters. The second-order valence-electron chi connectivity index (χ2n) is 7.93. The summed E-state index contributed by atoms with van der Waals surface area (Å²) in [5.41, 5.74) is 11.3. The van der Waals surface area contributed by atoms with E-state index >= 15 is 0 Å². The lowest BCUT2D eigenvalue weighted by Crippen LogP contribution is -2.24. The number of amides is 1. The van der Waals surface area contributed by atoms with Gasteiger partial charge in [-0.3, -0.25) is 9.79 Å². The van der Waals surface area contributed by atoms with Crippen LogP contribution in [0.1, 0.15) is 47.4 Å². The fourth-order valence-electron chi connectivity index (χ4n) is 3.86. The maximum atomic E-state index is 12.5. The van der Waals surface area contributed by atoms with Crippen LogP contribution in [0.15, 0.2) is 71.7 Å². The summed E-state index contributed by atoms with van der Waals surface area (Å²) in [6.07, 6.45) is -1.40. The van der Waals surface area contributed by atoms with Crippen molar-refractivity contribution in [3.05, 3.63) is 83.4 Å². The third-order valence-electron chi connectivity index (χ3n) is 5.61. The van der Waals surface area contributed by atoms with Crippen LogP contribution in [0.2, 0.25) is 0 Å². The monoisotopic (exact) mass is 430 g/mol. The number of benzene rings is 3. The number of para-hydroxylation sites is 2. The van der Waals surface area contributed by atoms with Crippen molar-refractivity contribution >= 4 is 34.4 Å². The van der Waals surface area contributed by atoms with Gasteiger partial charge in [0.1, 0.15) is 6.23 Å². The first-order chi connectivity index (χ1) is 15.3. The maximum absolute atomic E-state index is 12.5. The molecule has 3 aromatic carbocycles. The number of aliphatic hydroxyl groups is 2. The highest BCUT2D eigenvalue weighted by molar-refractivity contribution is 6.06. The van der Waals surface area contributed by atoms with Gasteiger partial charge in [0.05, 0.1) is 29.1 Å². The van der Waals surface area contributed by atoms with Crippen molar-refractivity contribution < 1.29 is 15.0 Å². The number of hydrogen-bond acceptors (Lipinski definition) is 6. The molecular formula is C25H26N4O3. The van der Waals surface area contributed by atoms with Crippen LogP contribution in [0, 0.1) is 0 Å². The summed E-state index contributed by atoms with van der Waals surface area (Å²) in [4.78, 5) is 17.2. The van der Waals surface area contributed by atoms with Crippen LogP contribution in [0.4, 0.5) is 22.7 Å². The highest BCUT2D eigenvalue weighted by Gasteiger charge is 2.33. The number of aliphatic hydroxyl groups excluding tert-OH is 2. The molecule has 0 aromatic heterocycles. The van der Waals surface area contributed by atoms with Crippen LogP contribution >= 0.6 is 0 Å². The quantitative estimate of drug-likeness (QED) is 0.307. The van der Waals surface area contributed by atoms with E-state index in [1.165, 1.54) is 0 Å². The molecule has 1 amide bonds. The standard InChI is InChI=1S/C25H26N4O3/c1-14(23-19-13-17(15(2)30)9-12-21(19)28-25(23)32)27-18-10-7-16(8-11-18)24(31)29-22-6-4-3-5-20(22)26/h3-13,15,23,25,28,30,32H,26H2,1-2H3,(H,29,31). The predicted octanol–water partition coefficient (Wildman–Crippen LogP) is 4.19. The number of fused-ring (bicyclic) bond motifs is 1. The van der Waals surface area contributed by atoms with Gasteiger partial charge in [-0.05, 0) is 67.4 Å². The van der Waals surface area contributed by atoms with E-state index < -0.39 is 12.3 Å². The lowest BCUT2D eigenvalue weighted by atomic mass is 9.93. The predicted molar refractivity (Wildman–Crippen MR) is 127 cm³/mol. The normalized spacial score (nSPS) is 18.6. The number of nitrogens with two attached hydrogens (primary N) is 1. The first kappa shape index (κ1) is 21.5. The molecule has 0 aliphatic carbocycles. The Bertz CT molecular complexity index is 1170. The Hall–Kier alpha value is -3.68. The van der Waals surface area contributed by atoms with Gasteiger partial charge in [-0.1, -0.05) is 24.3 Å². The molecule has 0 saturated heterocycles. The number of carbonyl (C=O) groups excluding carboxylic acids is 1. The summed E-state index contributed by atoms with van der Waals surface area (Å²) in [7, 11) is 0. The van der Waals surface area contributed by atoms with E-state index in [1.54, 1.807) is 55.5 Å². The van der Waals surface area contributed by atoms with Crippen LogP contribution in [-0.2, 0) is 0 Å². The van der Waals surface area contributed by atoms with E-state index in [4.69, 9.17) is 5.73 Å². The van der Waals surface area contributed by atoms with Gasteiger partial charge in [0.2, 0.25) is 0 Å². The van der Waals surface area contributed by atoms with Crippen molar-refractivity contribution in [2.75, 3.05) is 16.4 Å². The van der Waals surface area contributed by atoms with E-state index in [0.29, 0.717) is 22.6 Å². The Labute approximate surface area is 186 Å². The fraction of sp³-hybridized carbons (Fsp3) is 0.200. The van der Waals surface area contributed by atoms with E-state index in [9.17, 15) is 15.0 Å². The van der Waals surface area contributed by atoms with Crippen LogP contribution in [-0.4, -0.2) is 28.1 Å². The van der Waals surface area contributed by atoms with E-state index in [-0.39, 0.29) is 11.8 Å². The molecule has 7 heteroatoms. The van der Waals surface area contributed by atoms with Crippen LogP contribution in [0.5, 0.6) is 0 Å². The summed E-state index contributed by atoms with van der Waals surface area (Å²) < 4.78 is 0. The van der Waals surface area contributed by atoms with Crippen LogP contribution < -0.4 is 16.4 Å². The number of nitrogen functional groups attached to an aromatic ring is 1. The molecule has 3 unspecified atom stereocenters. The largest absolute Gasteiger partial charge is 0.397 e. The number of aliphatic imine (C=N–C) groups is 1. The van der Waals surface area contributed by atoms with Gasteiger partial charge in [-0.15, -0.1) is 0 Å². The van der Waals surface area contributed by atoms with Crippen molar-refractivity contribution in [2.24, 2.45) is 4.99 Å². The Morgan fingerprint density at radius 2 is 1.84 bits per heavy atom. The van der Waals surface area contributed by atoms with Gasteiger partial charge < -0.3 is 26.6 Å². The molecule has 3 aromatic rings. The molecule has 0 spiro atoms. The molecule has 1 heterocycles. The molecule has 4 rings (SSSR count). The third kappa shape index (κ3) is 4.34. The zero-order valence-electron chi connectivity index (χ0n) is 17.9. The van der Waals surface area contributed by atoms with Crippen molar-refractivity contribution in [1.29, 1.82) is 0 Å². The second kappa shape index (κ2) is 8.82. The highest BCUT2D eigenvalue weighted by atomic mass is 16.3. The minimum Gasteiger partial charge on any atom is -0.397 e. The molecule has 0 fully saturated rings. The smallest absolute Gasteiger partial charge is 0.255 e. The van der Waals surface area contributed by atoms with Gasteiger partial charge in [-0.25, -0.2) is 0 Å². The van der Waals surface area contributed by atoms with Gasteiger partial charge in [-0.2, -0.15) is 0 Å². The number of nitrogens with zero attached hydrogens (tertiary/aromatic N) is 1. The number of hydrogen-bond donors (Lipinski definition) is 5. The zero-order chi connectivity index (χ0) is 22.8. The zero-order valence-corrected chi connectivity index (χ0v) is 17.9. The number of rotatable bonds is 5. The second-order valence-corrected chi connectivity index (χ2v) is 7.93. The van der Waals surface area contributed by atoms with Gasteiger partial charge in [0, 0.05) is 17.0 Å². The number of carbonyl (C=O) groups is 1. The molecule has 0 bridgehead atoms. The molecule has 164 valence electrons.